The molecule has 0 spiro atoms. The third kappa shape index (κ3) is 2.08. The minimum absolute atomic E-state index is 0.0596. The molecule has 2 bridgehead atoms. The van der Waals surface area contributed by atoms with Gasteiger partial charge >= 0.3 is 0 Å². The average Bonchev–Trinajstić information content (AvgIpc) is 2.76. The number of rotatable bonds is 4. The summed E-state index contributed by atoms with van der Waals surface area (Å²) < 4.78 is 0. The lowest BCUT2D eigenvalue weighted by molar-refractivity contribution is -0.134. The number of carbonyl (C=O) groups excluding carboxylic acids is 1. The number of carbonyl (C=O) groups is 1. The van der Waals surface area contributed by atoms with Crippen LogP contribution in [-0.4, -0.2) is 12.5 Å². The number of amides is 1. The second-order valence-corrected chi connectivity index (χ2v) is 4.60. The summed E-state index contributed by atoms with van der Waals surface area (Å²) in [7, 11) is 0. The SMILES string of the molecule is CCONC(=O)CC1CC2CCC1C2. The lowest BCUT2D eigenvalue weighted by atomic mass is 9.86. The summed E-state index contributed by atoms with van der Waals surface area (Å²) in [6, 6.07) is 0. The molecule has 3 nitrogen and oxygen atoms in total. The molecule has 3 unspecified atom stereocenters. The van der Waals surface area contributed by atoms with Gasteiger partial charge in [0.15, 0.2) is 0 Å². The zero-order valence-electron chi connectivity index (χ0n) is 8.79. The van der Waals surface area contributed by atoms with Gasteiger partial charge in [-0.05, 0) is 43.9 Å². The van der Waals surface area contributed by atoms with E-state index in [1.807, 2.05) is 6.92 Å². The molecule has 0 heterocycles. The van der Waals surface area contributed by atoms with E-state index >= 15 is 0 Å². The zero-order valence-corrected chi connectivity index (χ0v) is 8.79. The van der Waals surface area contributed by atoms with E-state index in [-0.39, 0.29) is 5.91 Å². The second-order valence-electron chi connectivity index (χ2n) is 4.60. The largest absolute Gasteiger partial charge is 0.274 e. The maximum absolute atomic E-state index is 11.4. The minimum atomic E-state index is 0.0596. The molecule has 80 valence electrons. The predicted molar refractivity (Wildman–Crippen MR) is 53.3 cm³/mol. The maximum atomic E-state index is 11.4. The molecule has 3 heteroatoms. The number of hydrogen-bond acceptors (Lipinski definition) is 2. The fourth-order valence-electron chi connectivity index (χ4n) is 3.06. The monoisotopic (exact) mass is 197 g/mol. The first kappa shape index (κ1) is 9.97. The number of nitrogens with one attached hydrogen (secondary N) is 1. The molecule has 2 aliphatic carbocycles. The number of hydroxylamine groups is 1. The molecular formula is C11H19NO2. The van der Waals surface area contributed by atoms with Crippen LogP contribution in [0.2, 0.25) is 0 Å². The average molecular weight is 197 g/mol. The van der Waals surface area contributed by atoms with Crippen LogP contribution in [-0.2, 0) is 9.63 Å². The topological polar surface area (TPSA) is 38.3 Å². The molecule has 0 aromatic heterocycles. The fraction of sp³-hybridized carbons (Fsp3) is 0.909. The second kappa shape index (κ2) is 4.30. The smallest absolute Gasteiger partial charge is 0.243 e. The van der Waals surface area contributed by atoms with Gasteiger partial charge in [-0.1, -0.05) is 6.42 Å². The molecule has 0 aromatic carbocycles. The summed E-state index contributed by atoms with van der Waals surface area (Å²) in [5.74, 6) is 2.44. The normalized spacial score (nSPS) is 34.8. The van der Waals surface area contributed by atoms with Gasteiger partial charge in [-0.15, -0.1) is 0 Å². The van der Waals surface area contributed by atoms with Crippen LogP contribution in [0.4, 0.5) is 0 Å². The molecular weight excluding hydrogens is 178 g/mol. The van der Waals surface area contributed by atoms with E-state index < -0.39 is 0 Å². The molecule has 0 aromatic rings. The van der Waals surface area contributed by atoms with Gasteiger partial charge in [0.25, 0.3) is 0 Å². The summed E-state index contributed by atoms with van der Waals surface area (Å²) in [6.07, 6.45) is 6.05. The Balaban J connectivity index is 1.73. The molecule has 1 amide bonds. The van der Waals surface area contributed by atoms with E-state index in [0.29, 0.717) is 18.9 Å². The quantitative estimate of drug-likeness (QED) is 0.699. The van der Waals surface area contributed by atoms with Crippen LogP contribution in [0.5, 0.6) is 0 Å². The maximum Gasteiger partial charge on any atom is 0.243 e. The van der Waals surface area contributed by atoms with Crippen LogP contribution in [0.15, 0.2) is 0 Å². The lowest BCUT2D eigenvalue weighted by Crippen LogP contribution is -2.27. The first-order valence-corrected chi connectivity index (χ1v) is 5.70. The molecule has 1 N–H and O–H groups in total. The highest BCUT2D eigenvalue weighted by Crippen LogP contribution is 2.49. The van der Waals surface area contributed by atoms with E-state index in [0.717, 1.165) is 11.8 Å². The Bertz CT molecular complexity index is 217. The molecule has 0 aliphatic heterocycles. The predicted octanol–water partition coefficient (Wildman–Crippen LogP) is 1.88. The first-order chi connectivity index (χ1) is 6.79. The molecule has 2 aliphatic rings. The van der Waals surface area contributed by atoms with Crippen molar-refractivity contribution in [3.05, 3.63) is 0 Å². The van der Waals surface area contributed by atoms with Crippen molar-refractivity contribution in [2.75, 3.05) is 6.61 Å². The third-order valence-corrected chi connectivity index (χ3v) is 3.66. The van der Waals surface area contributed by atoms with Gasteiger partial charge in [0.1, 0.15) is 0 Å². The van der Waals surface area contributed by atoms with E-state index in [2.05, 4.69) is 5.48 Å². The Hall–Kier alpha value is -0.570. The highest BCUT2D eigenvalue weighted by atomic mass is 16.6. The van der Waals surface area contributed by atoms with Gasteiger partial charge in [0.05, 0.1) is 6.61 Å². The lowest BCUT2D eigenvalue weighted by Gasteiger charge is -2.20. The summed E-state index contributed by atoms with van der Waals surface area (Å²) in [4.78, 5) is 16.3. The van der Waals surface area contributed by atoms with Crippen LogP contribution in [0.25, 0.3) is 0 Å². The molecule has 3 atom stereocenters. The summed E-state index contributed by atoms with van der Waals surface area (Å²) in [5, 5.41) is 0. The van der Waals surface area contributed by atoms with Crippen LogP contribution >= 0.6 is 0 Å². The Morgan fingerprint density at radius 1 is 1.43 bits per heavy atom. The van der Waals surface area contributed by atoms with E-state index in [1.54, 1.807) is 0 Å². The van der Waals surface area contributed by atoms with Gasteiger partial charge in [-0.3, -0.25) is 9.63 Å². The molecule has 0 saturated heterocycles. The van der Waals surface area contributed by atoms with Crippen LogP contribution < -0.4 is 5.48 Å². The van der Waals surface area contributed by atoms with Crippen molar-refractivity contribution in [2.45, 2.75) is 39.0 Å². The van der Waals surface area contributed by atoms with E-state index in [4.69, 9.17) is 4.84 Å². The number of hydrogen-bond donors (Lipinski definition) is 1. The third-order valence-electron chi connectivity index (χ3n) is 3.66. The van der Waals surface area contributed by atoms with Crippen LogP contribution in [0, 0.1) is 17.8 Å². The number of fused-ring (bicyclic) bond motifs is 2. The molecule has 2 saturated carbocycles. The summed E-state index contributed by atoms with van der Waals surface area (Å²) >= 11 is 0. The van der Waals surface area contributed by atoms with Crippen molar-refractivity contribution >= 4 is 5.91 Å². The van der Waals surface area contributed by atoms with Gasteiger partial charge < -0.3 is 0 Å². The van der Waals surface area contributed by atoms with Gasteiger partial charge in [-0.2, -0.15) is 0 Å². The highest BCUT2D eigenvalue weighted by molar-refractivity contribution is 5.75. The summed E-state index contributed by atoms with van der Waals surface area (Å²) in [5.41, 5.74) is 2.48. The summed E-state index contributed by atoms with van der Waals surface area (Å²) in [6.45, 7) is 2.42. The van der Waals surface area contributed by atoms with Crippen LogP contribution in [0.3, 0.4) is 0 Å². The molecule has 0 radical (unpaired) electrons. The van der Waals surface area contributed by atoms with E-state index in [1.165, 1.54) is 25.7 Å². The van der Waals surface area contributed by atoms with Gasteiger partial charge in [-0.25, -0.2) is 5.48 Å². The molecule has 2 fully saturated rings. The van der Waals surface area contributed by atoms with Crippen molar-refractivity contribution in [1.29, 1.82) is 0 Å². The Labute approximate surface area is 85.2 Å². The Morgan fingerprint density at radius 3 is 2.86 bits per heavy atom. The van der Waals surface area contributed by atoms with Gasteiger partial charge in [0.2, 0.25) is 5.91 Å². The first-order valence-electron chi connectivity index (χ1n) is 5.70. The Kier molecular flexibility index (Phi) is 3.06. The van der Waals surface area contributed by atoms with Crippen molar-refractivity contribution in [3.8, 4) is 0 Å². The van der Waals surface area contributed by atoms with Crippen molar-refractivity contribution in [3.63, 3.8) is 0 Å². The highest BCUT2D eigenvalue weighted by Gasteiger charge is 2.40. The standard InChI is InChI=1S/C11H19NO2/c1-2-14-12-11(13)7-10-6-8-3-4-9(10)5-8/h8-10H,2-7H2,1H3,(H,12,13). The van der Waals surface area contributed by atoms with Crippen molar-refractivity contribution in [1.82, 2.24) is 5.48 Å². The molecule has 2 rings (SSSR count). The fourth-order valence-corrected chi connectivity index (χ4v) is 3.06. The van der Waals surface area contributed by atoms with Gasteiger partial charge in [0, 0.05) is 6.42 Å². The van der Waals surface area contributed by atoms with Crippen LogP contribution in [0.1, 0.15) is 39.0 Å². The van der Waals surface area contributed by atoms with Crippen molar-refractivity contribution in [2.24, 2.45) is 17.8 Å². The Morgan fingerprint density at radius 2 is 2.29 bits per heavy atom. The van der Waals surface area contributed by atoms with E-state index in [9.17, 15) is 4.79 Å². The van der Waals surface area contributed by atoms with Crippen molar-refractivity contribution < 1.29 is 9.63 Å². The molecule has 14 heavy (non-hydrogen) atoms. The minimum Gasteiger partial charge on any atom is -0.274 e. The zero-order chi connectivity index (χ0) is 9.97.